The fraction of sp³-hybridized carbons (Fsp3) is 0.842. The standard InChI is InChI=1S/C19H35N3O4/c1-18(2,3)16(24)20-11-7-8-15(23)22-12-9-14(10-13-22)21-17(25)26-19(4,5)6/h14H,7-13H2,1-6H3,(H,20,24)(H,21,25). The zero-order chi connectivity index (χ0) is 20.0. The summed E-state index contributed by atoms with van der Waals surface area (Å²) >= 11 is 0. The minimum Gasteiger partial charge on any atom is -0.444 e. The van der Waals surface area contributed by atoms with E-state index in [2.05, 4.69) is 10.6 Å². The van der Waals surface area contributed by atoms with E-state index in [0.717, 1.165) is 12.8 Å². The molecule has 1 rings (SSSR count). The zero-order valence-corrected chi connectivity index (χ0v) is 17.1. The molecule has 7 nitrogen and oxygen atoms in total. The lowest BCUT2D eigenvalue weighted by molar-refractivity contribution is -0.133. The Bertz CT molecular complexity index is 498. The van der Waals surface area contributed by atoms with Gasteiger partial charge in [0, 0.05) is 37.5 Å². The third kappa shape index (κ3) is 8.54. The van der Waals surface area contributed by atoms with Crippen LogP contribution in [0.5, 0.6) is 0 Å². The van der Waals surface area contributed by atoms with Crippen molar-refractivity contribution in [2.75, 3.05) is 19.6 Å². The van der Waals surface area contributed by atoms with Crippen molar-refractivity contribution in [1.82, 2.24) is 15.5 Å². The van der Waals surface area contributed by atoms with Crippen molar-refractivity contribution >= 4 is 17.9 Å². The number of carbonyl (C=O) groups is 3. The average Bonchev–Trinajstić information content (AvgIpc) is 2.48. The number of nitrogens with zero attached hydrogens (tertiary/aromatic N) is 1. The highest BCUT2D eigenvalue weighted by Gasteiger charge is 2.25. The molecule has 3 amide bonds. The van der Waals surface area contributed by atoms with Gasteiger partial charge in [-0.1, -0.05) is 20.8 Å². The highest BCUT2D eigenvalue weighted by molar-refractivity contribution is 5.81. The van der Waals surface area contributed by atoms with Crippen LogP contribution in [0.4, 0.5) is 4.79 Å². The molecule has 1 fully saturated rings. The van der Waals surface area contributed by atoms with E-state index >= 15 is 0 Å². The van der Waals surface area contributed by atoms with Crippen molar-refractivity contribution < 1.29 is 19.1 Å². The Hall–Kier alpha value is -1.79. The highest BCUT2D eigenvalue weighted by Crippen LogP contribution is 2.14. The Morgan fingerprint density at radius 3 is 2.12 bits per heavy atom. The smallest absolute Gasteiger partial charge is 0.407 e. The topological polar surface area (TPSA) is 87.7 Å². The number of ether oxygens (including phenoxy) is 1. The zero-order valence-electron chi connectivity index (χ0n) is 17.1. The van der Waals surface area contributed by atoms with Crippen molar-refractivity contribution in [2.45, 2.75) is 78.9 Å². The van der Waals surface area contributed by atoms with Gasteiger partial charge in [0.1, 0.15) is 5.60 Å². The van der Waals surface area contributed by atoms with Gasteiger partial charge in [0.15, 0.2) is 0 Å². The van der Waals surface area contributed by atoms with Crippen molar-refractivity contribution in [3.05, 3.63) is 0 Å². The van der Waals surface area contributed by atoms with Crippen LogP contribution in [0.1, 0.15) is 67.2 Å². The Morgan fingerprint density at radius 1 is 1.04 bits per heavy atom. The molecule has 0 bridgehead atoms. The monoisotopic (exact) mass is 369 g/mol. The molecule has 0 unspecified atom stereocenters. The van der Waals surface area contributed by atoms with Gasteiger partial charge in [-0.25, -0.2) is 4.79 Å². The molecular weight excluding hydrogens is 334 g/mol. The van der Waals surface area contributed by atoms with Gasteiger partial charge in [-0.2, -0.15) is 0 Å². The second-order valence-electron chi connectivity index (χ2n) is 8.91. The first-order valence-electron chi connectivity index (χ1n) is 9.44. The lowest BCUT2D eigenvalue weighted by atomic mass is 9.96. The van der Waals surface area contributed by atoms with E-state index in [1.165, 1.54) is 0 Å². The molecule has 150 valence electrons. The number of nitrogens with one attached hydrogen (secondary N) is 2. The van der Waals surface area contributed by atoms with Gasteiger partial charge >= 0.3 is 6.09 Å². The van der Waals surface area contributed by atoms with Crippen molar-refractivity contribution in [2.24, 2.45) is 5.41 Å². The van der Waals surface area contributed by atoms with Crippen molar-refractivity contribution in [1.29, 1.82) is 0 Å². The van der Waals surface area contributed by atoms with E-state index in [4.69, 9.17) is 4.74 Å². The molecule has 0 spiro atoms. The first kappa shape index (κ1) is 22.3. The average molecular weight is 370 g/mol. The van der Waals surface area contributed by atoms with Crippen LogP contribution in [0.15, 0.2) is 0 Å². The maximum Gasteiger partial charge on any atom is 0.407 e. The third-order valence-corrected chi connectivity index (χ3v) is 4.10. The summed E-state index contributed by atoms with van der Waals surface area (Å²) in [7, 11) is 0. The maximum absolute atomic E-state index is 12.3. The van der Waals surface area contributed by atoms with Crippen LogP contribution in [0.3, 0.4) is 0 Å². The van der Waals surface area contributed by atoms with Crippen molar-refractivity contribution in [3.63, 3.8) is 0 Å². The van der Waals surface area contributed by atoms with Crippen LogP contribution >= 0.6 is 0 Å². The quantitative estimate of drug-likeness (QED) is 0.729. The van der Waals surface area contributed by atoms with Crippen LogP contribution in [0, 0.1) is 5.41 Å². The van der Waals surface area contributed by atoms with Gasteiger partial charge in [0.05, 0.1) is 0 Å². The molecular formula is C19H35N3O4. The summed E-state index contributed by atoms with van der Waals surface area (Å²) in [6.45, 7) is 12.9. The van der Waals surface area contributed by atoms with Crippen LogP contribution in [-0.2, 0) is 14.3 Å². The number of alkyl carbamates (subject to hydrolysis) is 1. The Labute approximate surface area is 157 Å². The number of rotatable bonds is 5. The molecule has 0 aromatic carbocycles. The van der Waals surface area contributed by atoms with Gasteiger partial charge in [0.2, 0.25) is 11.8 Å². The molecule has 2 N–H and O–H groups in total. The normalized spacial score (nSPS) is 16.2. The number of likely N-dealkylation sites (tertiary alicyclic amines) is 1. The second-order valence-corrected chi connectivity index (χ2v) is 8.91. The van der Waals surface area contributed by atoms with E-state index in [-0.39, 0.29) is 17.9 Å². The first-order chi connectivity index (χ1) is 11.9. The summed E-state index contributed by atoms with van der Waals surface area (Å²) in [6.07, 6.45) is 2.11. The fourth-order valence-electron chi connectivity index (χ4n) is 2.61. The minimum absolute atomic E-state index is 0.000944. The molecule has 0 aromatic heterocycles. The lowest BCUT2D eigenvalue weighted by Gasteiger charge is -2.33. The number of piperidine rings is 1. The number of amides is 3. The lowest BCUT2D eigenvalue weighted by Crippen LogP contribution is -2.47. The van der Waals surface area contributed by atoms with E-state index in [9.17, 15) is 14.4 Å². The number of hydrogen-bond acceptors (Lipinski definition) is 4. The first-order valence-corrected chi connectivity index (χ1v) is 9.44. The number of hydrogen-bond donors (Lipinski definition) is 2. The largest absolute Gasteiger partial charge is 0.444 e. The molecule has 0 aromatic rings. The molecule has 1 aliphatic rings. The Kier molecular flexibility index (Phi) is 7.90. The molecule has 0 saturated carbocycles. The minimum atomic E-state index is -0.511. The van der Waals surface area contributed by atoms with Gasteiger partial charge in [-0.15, -0.1) is 0 Å². The Morgan fingerprint density at radius 2 is 1.62 bits per heavy atom. The van der Waals surface area contributed by atoms with Crippen LogP contribution in [-0.4, -0.2) is 54.1 Å². The highest BCUT2D eigenvalue weighted by atomic mass is 16.6. The van der Waals surface area contributed by atoms with E-state index in [1.54, 1.807) is 0 Å². The molecule has 0 radical (unpaired) electrons. The molecule has 1 heterocycles. The summed E-state index contributed by atoms with van der Waals surface area (Å²) in [4.78, 5) is 37.7. The second kappa shape index (κ2) is 9.24. The van der Waals surface area contributed by atoms with Crippen LogP contribution < -0.4 is 10.6 Å². The maximum atomic E-state index is 12.3. The third-order valence-electron chi connectivity index (χ3n) is 4.10. The van der Waals surface area contributed by atoms with E-state index in [0.29, 0.717) is 32.5 Å². The van der Waals surface area contributed by atoms with Crippen molar-refractivity contribution in [3.8, 4) is 0 Å². The Balaban J connectivity index is 2.23. The van der Waals surface area contributed by atoms with Crippen LogP contribution in [0.25, 0.3) is 0 Å². The summed E-state index contributed by atoms with van der Waals surface area (Å²) in [5.74, 6) is 0.102. The molecule has 26 heavy (non-hydrogen) atoms. The summed E-state index contributed by atoms with van der Waals surface area (Å²) < 4.78 is 5.26. The molecule has 1 saturated heterocycles. The molecule has 0 aliphatic carbocycles. The molecule has 0 atom stereocenters. The number of carbonyl (C=O) groups excluding carboxylic acids is 3. The summed E-state index contributed by atoms with van der Waals surface area (Å²) in [6, 6.07) is 0.0416. The summed E-state index contributed by atoms with van der Waals surface area (Å²) in [5, 5.41) is 5.72. The predicted octanol–water partition coefficient (Wildman–Crippen LogP) is 2.44. The summed E-state index contributed by atoms with van der Waals surface area (Å²) in [5.41, 5.74) is -0.920. The van der Waals surface area contributed by atoms with E-state index < -0.39 is 17.1 Å². The van der Waals surface area contributed by atoms with Gasteiger partial charge in [-0.05, 0) is 40.0 Å². The van der Waals surface area contributed by atoms with E-state index in [1.807, 2.05) is 46.4 Å². The van der Waals surface area contributed by atoms with Crippen LogP contribution in [0.2, 0.25) is 0 Å². The molecule has 1 aliphatic heterocycles. The van der Waals surface area contributed by atoms with Gasteiger partial charge < -0.3 is 20.3 Å². The predicted molar refractivity (Wildman–Crippen MR) is 101 cm³/mol. The molecule has 7 heteroatoms. The van der Waals surface area contributed by atoms with Gasteiger partial charge in [-0.3, -0.25) is 9.59 Å². The van der Waals surface area contributed by atoms with Gasteiger partial charge in [0.25, 0.3) is 0 Å². The fourth-order valence-corrected chi connectivity index (χ4v) is 2.61. The SMILES string of the molecule is CC(C)(C)OC(=O)NC1CCN(C(=O)CCCNC(=O)C(C)(C)C)CC1.